The van der Waals surface area contributed by atoms with Crippen molar-refractivity contribution in [2.24, 2.45) is 5.92 Å². The second-order valence-electron chi connectivity index (χ2n) is 4.61. The standard InChI is InChI=1S/C14H18O3/c1-17-13(15)14(16,12-9-5-6-10-12)11-7-3-2-4-8-11/h2-4,7-8,12,16H,5-6,9-10H2,1H3. The molecule has 0 radical (unpaired) electrons. The maximum absolute atomic E-state index is 11.9. The SMILES string of the molecule is COC(=O)C(O)(c1ccccc1)C1CCCC1. The first-order valence-corrected chi connectivity index (χ1v) is 6.06. The van der Waals surface area contributed by atoms with Crippen molar-refractivity contribution in [3.63, 3.8) is 0 Å². The van der Waals surface area contributed by atoms with Gasteiger partial charge in [0.25, 0.3) is 0 Å². The Kier molecular flexibility index (Phi) is 3.48. The van der Waals surface area contributed by atoms with Crippen LogP contribution < -0.4 is 0 Å². The molecule has 1 unspecified atom stereocenters. The zero-order valence-electron chi connectivity index (χ0n) is 10.1. The van der Waals surface area contributed by atoms with Gasteiger partial charge in [0.05, 0.1) is 7.11 Å². The van der Waals surface area contributed by atoms with Crippen LogP contribution in [-0.4, -0.2) is 18.2 Å². The molecule has 0 heterocycles. The van der Waals surface area contributed by atoms with Gasteiger partial charge in [-0.3, -0.25) is 0 Å². The first-order chi connectivity index (χ1) is 8.19. The summed E-state index contributed by atoms with van der Waals surface area (Å²) < 4.78 is 4.79. The average molecular weight is 234 g/mol. The molecule has 3 heteroatoms. The Labute approximate surface area is 101 Å². The minimum Gasteiger partial charge on any atom is -0.467 e. The summed E-state index contributed by atoms with van der Waals surface area (Å²) in [6.45, 7) is 0. The highest BCUT2D eigenvalue weighted by molar-refractivity contribution is 5.81. The molecule has 1 aromatic carbocycles. The zero-order valence-corrected chi connectivity index (χ0v) is 10.1. The van der Waals surface area contributed by atoms with E-state index < -0.39 is 11.6 Å². The summed E-state index contributed by atoms with van der Waals surface area (Å²) in [5.74, 6) is -0.576. The highest BCUT2D eigenvalue weighted by atomic mass is 16.5. The fourth-order valence-electron chi connectivity index (χ4n) is 2.71. The number of hydrogen-bond acceptors (Lipinski definition) is 3. The molecule has 0 saturated heterocycles. The largest absolute Gasteiger partial charge is 0.467 e. The van der Waals surface area contributed by atoms with E-state index in [0.29, 0.717) is 5.56 Å². The minimum atomic E-state index is -1.48. The lowest BCUT2D eigenvalue weighted by Gasteiger charge is -2.31. The summed E-state index contributed by atoms with van der Waals surface area (Å²) in [5.41, 5.74) is -0.842. The van der Waals surface area contributed by atoms with Gasteiger partial charge in [0, 0.05) is 5.92 Å². The van der Waals surface area contributed by atoms with Gasteiger partial charge in [0.2, 0.25) is 0 Å². The van der Waals surface area contributed by atoms with Crippen molar-refractivity contribution >= 4 is 5.97 Å². The van der Waals surface area contributed by atoms with E-state index in [2.05, 4.69) is 0 Å². The normalized spacial score (nSPS) is 19.9. The number of methoxy groups -OCH3 is 1. The van der Waals surface area contributed by atoms with Crippen LogP contribution in [0.4, 0.5) is 0 Å². The number of aliphatic hydroxyl groups is 1. The van der Waals surface area contributed by atoms with Crippen LogP contribution in [0.2, 0.25) is 0 Å². The Hall–Kier alpha value is -1.35. The molecule has 0 aromatic heterocycles. The van der Waals surface area contributed by atoms with Crippen LogP contribution in [0.3, 0.4) is 0 Å². The van der Waals surface area contributed by atoms with Crippen molar-refractivity contribution in [1.82, 2.24) is 0 Å². The van der Waals surface area contributed by atoms with Gasteiger partial charge in [-0.25, -0.2) is 4.79 Å². The number of esters is 1. The molecule has 1 atom stereocenters. The quantitative estimate of drug-likeness (QED) is 0.816. The molecule has 1 saturated carbocycles. The summed E-state index contributed by atoms with van der Waals surface area (Å²) in [6.07, 6.45) is 3.88. The third-order valence-electron chi connectivity index (χ3n) is 3.66. The monoisotopic (exact) mass is 234 g/mol. The number of rotatable bonds is 3. The van der Waals surface area contributed by atoms with Crippen molar-refractivity contribution in [3.05, 3.63) is 35.9 Å². The third-order valence-corrected chi connectivity index (χ3v) is 3.66. The number of benzene rings is 1. The van der Waals surface area contributed by atoms with Gasteiger partial charge in [-0.15, -0.1) is 0 Å². The zero-order chi connectivity index (χ0) is 12.3. The smallest absolute Gasteiger partial charge is 0.342 e. The summed E-state index contributed by atoms with van der Waals surface area (Å²) in [7, 11) is 1.32. The molecule has 0 aliphatic heterocycles. The van der Waals surface area contributed by atoms with Gasteiger partial charge in [-0.2, -0.15) is 0 Å². The number of ether oxygens (including phenoxy) is 1. The molecule has 1 aliphatic carbocycles. The minimum absolute atomic E-state index is 0.0302. The van der Waals surface area contributed by atoms with Crippen molar-refractivity contribution < 1.29 is 14.6 Å². The Morgan fingerprint density at radius 3 is 2.41 bits per heavy atom. The first-order valence-electron chi connectivity index (χ1n) is 6.06. The van der Waals surface area contributed by atoms with E-state index in [1.165, 1.54) is 7.11 Å². The van der Waals surface area contributed by atoms with Crippen molar-refractivity contribution in [2.75, 3.05) is 7.11 Å². The molecule has 1 N–H and O–H groups in total. The lowest BCUT2D eigenvalue weighted by Crippen LogP contribution is -2.43. The summed E-state index contributed by atoms with van der Waals surface area (Å²) in [6, 6.07) is 9.11. The molecule has 0 amide bonds. The molecule has 92 valence electrons. The molecule has 1 aromatic rings. The van der Waals surface area contributed by atoms with Gasteiger partial charge in [0.1, 0.15) is 0 Å². The number of carbonyl (C=O) groups excluding carboxylic acids is 1. The third kappa shape index (κ3) is 2.07. The highest BCUT2D eigenvalue weighted by Gasteiger charge is 2.47. The van der Waals surface area contributed by atoms with E-state index in [0.717, 1.165) is 25.7 Å². The van der Waals surface area contributed by atoms with Crippen molar-refractivity contribution in [1.29, 1.82) is 0 Å². The maximum atomic E-state index is 11.9. The predicted octanol–water partition coefficient (Wildman–Crippen LogP) is 2.24. The number of carbonyl (C=O) groups is 1. The van der Waals surface area contributed by atoms with Crippen molar-refractivity contribution in [3.8, 4) is 0 Å². The summed E-state index contributed by atoms with van der Waals surface area (Å²) >= 11 is 0. The Morgan fingerprint density at radius 2 is 1.88 bits per heavy atom. The molecule has 1 aliphatic rings. The fraction of sp³-hybridized carbons (Fsp3) is 0.500. The molecule has 3 nitrogen and oxygen atoms in total. The van der Waals surface area contributed by atoms with Gasteiger partial charge >= 0.3 is 5.97 Å². The van der Waals surface area contributed by atoms with Gasteiger partial charge in [-0.1, -0.05) is 43.2 Å². The second kappa shape index (κ2) is 4.88. The van der Waals surface area contributed by atoms with Crippen LogP contribution in [-0.2, 0) is 15.1 Å². The number of hydrogen-bond donors (Lipinski definition) is 1. The van der Waals surface area contributed by atoms with E-state index in [1.54, 1.807) is 12.1 Å². The summed E-state index contributed by atoms with van der Waals surface area (Å²) in [4.78, 5) is 11.9. The molecule has 1 fully saturated rings. The van der Waals surface area contributed by atoms with Gasteiger partial charge in [0.15, 0.2) is 5.60 Å². The van der Waals surface area contributed by atoms with E-state index in [4.69, 9.17) is 4.74 Å². The first kappa shape index (κ1) is 12.1. The summed E-state index contributed by atoms with van der Waals surface area (Å²) in [5, 5.41) is 10.8. The van der Waals surface area contributed by atoms with Crippen LogP contribution in [0.1, 0.15) is 31.2 Å². The molecule has 17 heavy (non-hydrogen) atoms. The average Bonchev–Trinajstić information content (AvgIpc) is 2.92. The molecular formula is C14H18O3. The maximum Gasteiger partial charge on any atom is 0.342 e. The predicted molar refractivity (Wildman–Crippen MR) is 64.3 cm³/mol. The van der Waals surface area contributed by atoms with Crippen LogP contribution in [0.15, 0.2) is 30.3 Å². The van der Waals surface area contributed by atoms with Crippen LogP contribution in [0.5, 0.6) is 0 Å². The van der Waals surface area contributed by atoms with E-state index >= 15 is 0 Å². The van der Waals surface area contributed by atoms with Crippen LogP contribution >= 0.6 is 0 Å². The van der Waals surface area contributed by atoms with Crippen LogP contribution in [0, 0.1) is 5.92 Å². The Morgan fingerprint density at radius 1 is 1.29 bits per heavy atom. The topological polar surface area (TPSA) is 46.5 Å². The lowest BCUT2D eigenvalue weighted by molar-refractivity contribution is -0.170. The highest BCUT2D eigenvalue weighted by Crippen LogP contribution is 2.41. The van der Waals surface area contributed by atoms with Gasteiger partial charge in [-0.05, 0) is 18.4 Å². The van der Waals surface area contributed by atoms with Crippen molar-refractivity contribution in [2.45, 2.75) is 31.3 Å². The lowest BCUT2D eigenvalue weighted by atomic mass is 9.80. The van der Waals surface area contributed by atoms with E-state index in [-0.39, 0.29) is 5.92 Å². The molecule has 2 rings (SSSR count). The molecule has 0 spiro atoms. The second-order valence-corrected chi connectivity index (χ2v) is 4.61. The van der Waals surface area contributed by atoms with E-state index in [1.807, 2.05) is 18.2 Å². The molecule has 0 bridgehead atoms. The Balaban J connectivity index is 2.39. The van der Waals surface area contributed by atoms with E-state index in [9.17, 15) is 9.90 Å². The van der Waals surface area contributed by atoms with Crippen LogP contribution in [0.25, 0.3) is 0 Å². The fourth-order valence-corrected chi connectivity index (χ4v) is 2.71. The molecular weight excluding hydrogens is 216 g/mol. The van der Waals surface area contributed by atoms with Gasteiger partial charge < -0.3 is 9.84 Å². The Bertz CT molecular complexity index is 382.